The van der Waals surface area contributed by atoms with E-state index in [-0.39, 0.29) is 0 Å². The van der Waals surface area contributed by atoms with Gasteiger partial charge in [-0.25, -0.2) is 0 Å². The molecule has 1 aliphatic heterocycles. The Hall–Kier alpha value is -1.87. The van der Waals surface area contributed by atoms with Crippen molar-refractivity contribution in [2.75, 3.05) is 13.1 Å². The summed E-state index contributed by atoms with van der Waals surface area (Å²) in [5.74, 6) is 0.631. The van der Waals surface area contributed by atoms with Crippen molar-refractivity contribution in [2.24, 2.45) is 0 Å². The third-order valence-corrected chi connectivity index (χ3v) is 5.77. The van der Waals surface area contributed by atoms with Gasteiger partial charge in [-0.2, -0.15) is 0 Å². The minimum atomic E-state index is 0.631. The molecule has 0 amide bonds. The number of benzene rings is 2. The Balaban J connectivity index is 1.38. The molecule has 4 rings (SSSR count). The third-order valence-electron chi connectivity index (χ3n) is 5.26. The van der Waals surface area contributed by atoms with Crippen LogP contribution in [0.1, 0.15) is 30.0 Å². The zero-order valence-corrected chi connectivity index (χ0v) is 16.6. The number of aromatic nitrogens is 1. The molecule has 3 aromatic rings. The highest BCUT2D eigenvalue weighted by atomic mass is 35.5. The van der Waals surface area contributed by atoms with Gasteiger partial charge >= 0.3 is 0 Å². The number of halogens is 2. The van der Waals surface area contributed by atoms with Crippen molar-refractivity contribution in [3.8, 4) is 11.3 Å². The SMILES string of the molecule is Clc1ccc(-c2cccc(CN3CCC(c4ccc(Cl)cc4)CC3)n2)cc1. The second-order valence-electron chi connectivity index (χ2n) is 7.12. The zero-order chi connectivity index (χ0) is 18.6. The molecule has 1 aromatic heterocycles. The number of likely N-dealkylation sites (tertiary alicyclic amines) is 1. The topological polar surface area (TPSA) is 16.1 Å². The van der Waals surface area contributed by atoms with E-state index in [1.54, 1.807) is 0 Å². The molecule has 4 heteroatoms. The van der Waals surface area contributed by atoms with Gasteiger partial charge in [0.05, 0.1) is 11.4 Å². The maximum Gasteiger partial charge on any atom is 0.0705 e. The van der Waals surface area contributed by atoms with Gasteiger partial charge in [-0.05, 0) is 73.8 Å². The quantitative estimate of drug-likeness (QED) is 0.504. The molecule has 0 radical (unpaired) electrons. The standard InChI is InChI=1S/C23H22Cl2N2/c24-20-8-4-17(5-9-20)18-12-14-27(15-13-18)16-22-2-1-3-23(26-22)19-6-10-21(25)11-7-19/h1-11,18H,12-16H2. The monoisotopic (exact) mass is 396 g/mol. The fraction of sp³-hybridized carbons (Fsp3) is 0.261. The Morgan fingerprint density at radius 2 is 1.44 bits per heavy atom. The minimum Gasteiger partial charge on any atom is -0.297 e. The maximum atomic E-state index is 6.01. The van der Waals surface area contributed by atoms with Crippen LogP contribution in [0.4, 0.5) is 0 Å². The van der Waals surface area contributed by atoms with Gasteiger partial charge in [0.15, 0.2) is 0 Å². The molecule has 0 spiro atoms. The van der Waals surface area contributed by atoms with Gasteiger partial charge in [0.25, 0.3) is 0 Å². The first-order chi connectivity index (χ1) is 13.2. The summed E-state index contributed by atoms with van der Waals surface area (Å²) in [7, 11) is 0. The van der Waals surface area contributed by atoms with E-state index in [1.807, 2.05) is 36.4 Å². The van der Waals surface area contributed by atoms with E-state index in [0.717, 1.165) is 46.6 Å². The largest absolute Gasteiger partial charge is 0.297 e. The number of hydrogen-bond acceptors (Lipinski definition) is 2. The van der Waals surface area contributed by atoms with E-state index in [9.17, 15) is 0 Å². The van der Waals surface area contributed by atoms with Gasteiger partial charge in [-0.15, -0.1) is 0 Å². The lowest BCUT2D eigenvalue weighted by Crippen LogP contribution is -2.32. The first kappa shape index (κ1) is 18.5. The summed E-state index contributed by atoms with van der Waals surface area (Å²) in [5, 5.41) is 1.56. The molecule has 138 valence electrons. The Bertz CT molecular complexity index is 883. The molecule has 0 aliphatic carbocycles. The van der Waals surface area contributed by atoms with Crippen LogP contribution in [-0.4, -0.2) is 23.0 Å². The van der Waals surface area contributed by atoms with Gasteiger partial charge in [-0.1, -0.05) is 53.5 Å². The molecule has 2 heterocycles. The predicted molar refractivity (Wildman–Crippen MR) is 113 cm³/mol. The van der Waals surface area contributed by atoms with E-state index in [0.29, 0.717) is 5.92 Å². The Kier molecular flexibility index (Phi) is 5.77. The third kappa shape index (κ3) is 4.70. The number of nitrogens with zero attached hydrogens (tertiary/aromatic N) is 2. The normalized spacial score (nSPS) is 15.8. The number of hydrogen-bond donors (Lipinski definition) is 0. The number of piperidine rings is 1. The molecule has 0 bridgehead atoms. The van der Waals surface area contributed by atoms with Crippen molar-refractivity contribution in [1.82, 2.24) is 9.88 Å². The molecular formula is C23H22Cl2N2. The van der Waals surface area contributed by atoms with Crippen LogP contribution in [0.5, 0.6) is 0 Å². The van der Waals surface area contributed by atoms with Gasteiger partial charge in [0, 0.05) is 22.2 Å². The van der Waals surface area contributed by atoms with Gasteiger partial charge in [0.2, 0.25) is 0 Å². The molecule has 0 unspecified atom stereocenters. The van der Waals surface area contributed by atoms with E-state index < -0.39 is 0 Å². The van der Waals surface area contributed by atoms with Gasteiger partial charge in [-0.3, -0.25) is 9.88 Å². The minimum absolute atomic E-state index is 0.631. The molecule has 2 nitrogen and oxygen atoms in total. The van der Waals surface area contributed by atoms with Crippen LogP contribution in [-0.2, 0) is 6.54 Å². The van der Waals surface area contributed by atoms with Crippen molar-refractivity contribution in [1.29, 1.82) is 0 Å². The molecule has 1 aliphatic rings. The molecule has 1 fully saturated rings. The average molecular weight is 397 g/mol. The molecule has 0 N–H and O–H groups in total. The van der Waals surface area contributed by atoms with Crippen molar-refractivity contribution in [2.45, 2.75) is 25.3 Å². The summed E-state index contributed by atoms with van der Waals surface area (Å²) < 4.78 is 0. The maximum absolute atomic E-state index is 6.01. The van der Waals surface area contributed by atoms with Crippen LogP contribution in [0.2, 0.25) is 10.0 Å². The van der Waals surface area contributed by atoms with Crippen LogP contribution >= 0.6 is 23.2 Å². The zero-order valence-electron chi connectivity index (χ0n) is 15.1. The van der Waals surface area contributed by atoms with Gasteiger partial charge in [0.1, 0.15) is 0 Å². The van der Waals surface area contributed by atoms with E-state index in [1.165, 1.54) is 18.4 Å². The van der Waals surface area contributed by atoms with Crippen LogP contribution in [0.25, 0.3) is 11.3 Å². The summed E-state index contributed by atoms with van der Waals surface area (Å²) in [6.45, 7) is 3.09. The summed E-state index contributed by atoms with van der Waals surface area (Å²) in [4.78, 5) is 7.35. The van der Waals surface area contributed by atoms with Crippen LogP contribution in [0.3, 0.4) is 0 Å². The van der Waals surface area contributed by atoms with E-state index >= 15 is 0 Å². The summed E-state index contributed by atoms with van der Waals surface area (Å²) in [5.41, 5.74) is 4.62. The van der Waals surface area contributed by atoms with Crippen molar-refractivity contribution >= 4 is 23.2 Å². The summed E-state index contributed by atoms with van der Waals surface area (Å²) >= 11 is 12.0. The summed E-state index contributed by atoms with van der Waals surface area (Å²) in [6.07, 6.45) is 2.36. The highest BCUT2D eigenvalue weighted by Gasteiger charge is 2.21. The molecular weight excluding hydrogens is 375 g/mol. The van der Waals surface area contributed by atoms with Crippen molar-refractivity contribution in [3.05, 3.63) is 88.0 Å². The molecule has 1 saturated heterocycles. The molecule has 0 atom stereocenters. The molecule has 0 saturated carbocycles. The van der Waals surface area contributed by atoms with E-state index in [2.05, 4.69) is 35.2 Å². The predicted octanol–water partition coefficient (Wildman–Crippen LogP) is 6.44. The van der Waals surface area contributed by atoms with Crippen molar-refractivity contribution in [3.63, 3.8) is 0 Å². The average Bonchev–Trinajstić information content (AvgIpc) is 2.70. The summed E-state index contributed by atoms with van der Waals surface area (Å²) in [6, 6.07) is 22.4. The Labute approximate surface area is 170 Å². The Morgan fingerprint density at radius 3 is 2.11 bits per heavy atom. The highest BCUT2D eigenvalue weighted by molar-refractivity contribution is 6.30. The van der Waals surface area contributed by atoms with Crippen LogP contribution in [0, 0.1) is 0 Å². The lowest BCUT2D eigenvalue weighted by Gasteiger charge is -2.32. The highest BCUT2D eigenvalue weighted by Crippen LogP contribution is 2.29. The smallest absolute Gasteiger partial charge is 0.0705 e. The molecule has 2 aromatic carbocycles. The van der Waals surface area contributed by atoms with Crippen LogP contribution < -0.4 is 0 Å². The fourth-order valence-electron chi connectivity index (χ4n) is 3.74. The Morgan fingerprint density at radius 1 is 0.815 bits per heavy atom. The fourth-order valence-corrected chi connectivity index (χ4v) is 3.99. The second-order valence-corrected chi connectivity index (χ2v) is 8.00. The first-order valence-corrected chi connectivity index (χ1v) is 10.1. The number of pyridine rings is 1. The lowest BCUT2D eigenvalue weighted by atomic mass is 9.89. The van der Waals surface area contributed by atoms with Gasteiger partial charge < -0.3 is 0 Å². The van der Waals surface area contributed by atoms with Crippen LogP contribution in [0.15, 0.2) is 66.7 Å². The number of rotatable bonds is 4. The van der Waals surface area contributed by atoms with Crippen molar-refractivity contribution < 1.29 is 0 Å². The molecule has 27 heavy (non-hydrogen) atoms. The first-order valence-electron chi connectivity index (χ1n) is 9.37. The van der Waals surface area contributed by atoms with E-state index in [4.69, 9.17) is 28.2 Å². The second kappa shape index (κ2) is 8.43. The lowest BCUT2D eigenvalue weighted by molar-refractivity contribution is 0.202.